The number of hydrogen-bond donors (Lipinski definition) is 0. The molecule has 1 aliphatic rings. The van der Waals surface area contributed by atoms with E-state index in [1.807, 2.05) is 0 Å². The molecule has 1 rings (SSSR count). The molecule has 0 aromatic carbocycles. The van der Waals surface area contributed by atoms with Crippen molar-refractivity contribution in [1.29, 1.82) is 0 Å². The predicted octanol–water partition coefficient (Wildman–Crippen LogP) is 3.14. The summed E-state index contributed by atoms with van der Waals surface area (Å²) in [5.74, 6) is 0.838. The van der Waals surface area contributed by atoms with Crippen LogP contribution in [0.5, 0.6) is 0 Å². The summed E-state index contributed by atoms with van der Waals surface area (Å²) >= 11 is 0. The maximum atomic E-state index is 2.36. The zero-order valence-corrected chi connectivity index (χ0v) is 6.27. The van der Waals surface area contributed by atoms with Crippen LogP contribution in [0.1, 0.15) is 39.0 Å². The van der Waals surface area contributed by atoms with Crippen LogP contribution in [0.15, 0.2) is 12.2 Å². The van der Waals surface area contributed by atoms with Crippen molar-refractivity contribution in [3.63, 3.8) is 0 Å². The van der Waals surface area contributed by atoms with Crippen LogP contribution in [0.3, 0.4) is 0 Å². The van der Waals surface area contributed by atoms with Crippen molar-refractivity contribution in [2.24, 2.45) is 5.92 Å². The molecule has 0 N–H and O–H groups in total. The fourth-order valence-electron chi connectivity index (χ4n) is 1.33. The van der Waals surface area contributed by atoms with E-state index in [9.17, 15) is 0 Å². The van der Waals surface area contributed by atoms with Crippen LogP contribution >= 0.6 is 0 Å². The first-order valence-electron chi connectivity index (χ1n) is 4.06. The van der Waals surface area contributed by atoms with E-state index in [1.54, 1.807) is 0 Å². The SMILES string of the molecule is C[C@H]1/C=C/CCCCC1. The van der Waals surface area contributed by atoms with Gasteiger partial charge in [-0.05, 0) is 25.2 Å². The van der Waals surface area contributed by atoms with Crippen molar-refractivity contribution >= 4 is 0 Å². The standard InChI is InChI=1S/C9H16/c1-9-7-5-3-2-4-6-8-9/h5,7,9H,2-4,6,8H2,1H3/b7-5+/t9-/m0/s1. The molecular formula is C9H16. The Hall–Kier alpha value is -0.260. The molecule has 0 aromatic rings. The van der Waals surface area contributed by atoms with Crippen molar-refractivity contribution in [3.05, 3.63) is 12.2 Å². The second kappa shape index (κ2) is 3.71. The van der Waals surface area contributed by atoms with Gasteiger partial charge in [-0.2, -0.15) is 0 Å². The highest BCUT2D eigenvalue weighted by molar-refractivity contribution is 4.87. The van der Waals surface area contributed by atoms with Crippen LogP contribution in [0.2, 0.25) is 0 Å². The Morgan fingerprint density at radius 1 is 1.22 bits per heavy atom. The predicted molar refractivity (Wildman–Crippen MR) is 41.4 cm³/mol. The van der Waals surface area contributed by atoms with Gasteiger partial charge in [0.25, 0.3) is 0 Å². The van der Waals surface area contributed by atoms with Gasteiger partial charge in [0, 0.05) is 0 Å². The minimum Gasteiger partial charge on any atom is -0.0883 e. The van der Waals surface area contributed by atoms with Gasteiger partial charge >= 0.3 is 0 Å². The highest BCUT2D eigenvalue weighted by Crippen LogP contribution is 2.15. The minimum atomic E-state index is 0.838. The van der Waals surface area contributed by atoms with E-state index in [0.29, 0.717) is 0 Å². The number of hydrogen-bond acceptors (Lipinski definition) is 0. The minimum absolute atomic E-state index is 0.838. The summed E-state index contributed by atoms with van der Waals surface area (Å²) in [5, 5.41) is 0. The molecule has 0 aliphatic heterocycles. The van der Waals surface area contributed by atoms with Crippen LogP contribution in [-0.2, 0) is 0 Å². The van der Waals surface area contributed by atoms with Gasteiger partial charge < -0.3 is 0 Å². The van der Waals surface area contributed by atoms with E-state index in [1.165, 1.54) is 32.1 Å². The Bertz CT molecular complexity index is 92.2. The van der Waals surface area contributed by atoms with Gasteiger partial charge in [0.15, 0.2) is 0 Å². The molecule has 1 aliphatic carbocycles. The summed E-state index contributed by atoms with van der Waals surface area (Å²) in [6.45, 7) is 2.31. The van der Waals surface area contributed by atoms with Gasteiger partial charge in [-0.1, -0.05) is 31.9 Å². The van der Waals surface area contributed by atoms with Gasteiger partial charge in [0.1, 0.15) is 0 Å². The van der Waals surface area contributed by atoms with Crippen molar-refractivity contribution in [1.82, 2.24) is 0 Å². The molecule has 0 fully saturated rings. The molecule has 0 saturated heterocycles. The summed E-state index contributed by atoms with van der Waals surface area (Å²) in [7, 11) is 0. The quantitative estimate of drug-likeness (QED) is 0.435. The Kier molecular flexibility index (Phi) is 2.82. The van der Waals surface area contributed by atoms with Gasteiger partial charge in [-0.3, -0.25) is 0 Å². The Balaban J connectivity index is 2.30. The molecule has 1 atom stereocenters. The molecule has 52 valence electrons. The Labute approximate surface area is 58.0 Å². The molecule has 0 heterocycles. The monoisotopic (exact) mass is 124 g/mol. The molecule has 0 unspecified atom stereocenters. The molecule has 0 saturated carbocycles. The third-order valence-electron chi connectivity index (χ3n) is 1.99. The van der Waals surface area contributed by atoms with E-state index in [4.69, 9.17) is 0 Å². The summed E-state index contributed by atoms with van der Waals surface area (Å²) in [6.07, 6.45) is 11.7. The summed E-state index contributed by atoms with van der Waals surface area (Å²) in [6, 6.07) is 0. The fourth-order valence-corrected chi connectivity index (χ4v) is 1.33. The molecule has 0 amide bonds. The fraction of sp³-hybridized carbons (Fsp3) is 0.778. The Morgan fingerprint density at radius 3 is 3.00 bits per heavy atom. The molecule has 0 radical (unpaired) electrons. The number of allylic oxidation sites excluding steroid dienone is 2. The number of rotatable bonds is 0. The van der Waals surface area contributed by atoms with Crippen molar-refractivity contribution in [3.8, 4) is 0 Å². The lowest BCUT2D eigenvalue weighted by Gasteiger charge is -2.08. The smallest absolute Gasteiger partial charge is 0.0262 e. The topological polar surface area (TPSA) is 0 Å². The van der Waals surface area contributed by atoms with Gasteiger partial charge in [-0.25, -0.2) is 0 Å². The highest BCUT2D eigenvalue weighted by Gasteiger charge is 1.98. The van der Waals surface area contributed by atoms with Crippen molar-refractivity contribution in [2.75, 3.05) is 0 Å². The van der Waals surface area contributed by atoms with Crippen LogP contribution in [0.25, 0.3) is 0 Å². The largest absolute Gasteiger partial charge is 0.0883 e. The maximum absolute atomic E-state index is 2.36. The van der Waals surface area contributed by atoms with Crippen molar-refractivity contribution < 1.29 is 0 Å². The first-order valence-corrected chi connectivity index (χ1v) is 4.06. The Morgan fingerprint density at radius 2 is 2.11 bits per heavy atom. The van der Waals surface area contributed by atoms with Crippen LogP contribution < -0.4 is 0 Å². The van der Waals surface area contributed by atoms with Crippen LogP contribution in [-0.4, -0.2) is 0 Å². The average molecular weight is 124 g/mol. The van der Waals surface area contributed by atoms with E-state index in [2.05, 4.69) is 19.1 Å². The van der Waals surface area contributed by atoms with Gasteiger partial charge in [0.2, 0.25) is 0 Å². The van der Waals surface area contributed by atoms with E-state index >= 15 is 0 Å². The zero-order chi connectivity index (χ0) is 6.53. The summed E-state index contributed by atoms with van der Waals surface area (Å²) in [5.41, 5.74) is 0. The van der Waals surface area contributed by atoms with E-state index in [-0.39, 0.29) is 0 Å². The summed E-state index contributed by atoms with van der Waals surface area (Å²) < 4.78 is 0. The lowest BCUT2D eigenvalue weighted by atomic mass is 9.98. The van der Waals surface area contributed by atoms with Crippen molar-refractivity contribution in [2.45, 2.75) is 39.0 Å². The molecular weight excluding hydrogens is 108 g/mol. The second-order valence-electron chi connectivity index (χ2n) is 3.04. The maximum Gasteiger partial charge on any atom is -0.0262 e. The van der Waals surface area contributed by atoms with Gasteiger partial charge in [-0.15, -0.1) is 0 Å². The van der Waals surface area contributed by atoms with Crippen LogP contribution in [0.4, 0.5) is 0 Å². The first-order chi connectivity index (χ1) is 4.39. The third-order valence-corrected chi connectivity index (χ3v) is 1.99. The lowest BCUT2D eigenvalue weighted by molar-refractivity contribution is 0.552. The first kappa shape index (κ1) is 6.85. The normalized spacial score (nSPS) is 32.8. The molecule has 0 aromatic heterocycles. The third kappa shape index (κ3) is 2.69. The second-order valence-corrected chi connectivity index (χ2v) is 3.04. The molecule has 0 heteroatoms. The molecule has 9 heavy (non-hydrogen) atoms. The molecule has 0 spiro atoms. The lowest BCUT2D eigenvalue weighted by Crippen LogP contribution is -1.92. The average Bonchev–Trinajstić information content (AvgIpc) is 1.79. The zero-order valence-electron chi connectivity index (χ0n) is 6.27. The van der Waals surface area contributed by atoms with E-state index in [0.717, 1.165) is 5.92 Å². The summed E-state index contributed by atoms with van der Waals surface area (Å²) in [4.78, 5) is 0. The van der Waals surface area contributed by atoms with E-state index < -0.39 is 0 Å². The van der Waals surface area contributed by atoms with Crippen LogP contribution in [0, 0.1) is 5.92 Å². The highest BCUT2D eigenvalue weighted by atomic mass is 14.0. The molecule has 0 bridgehead atoms. The van der Waals surface area contributed by atoms with Gasteiger partial charge in [0.05, 0.1) is 0 Å². The molecule has 0 nitrogen and oxygen atoms in total.